The van der Waals surface area contributed by atoms with Gasteiger partial charge in [-0.3, -0.25) is 9.36 Å². The molecule has 3 aromatic rings. The lowest BCUT2D eigenvalue weighted by Gasteiger charge is -2.14. The SMILES string of the molecule is Cc1ccc(NC(=O)C(C)Sc2nnc(C3CC3)n2Cc2ccco2)c(Br)c1. The van der Waals surface area contributed by atoms with Gasteiger partial charge in [0.2, 0.25) is 5.91 Å². The summed E-state index contributed by atoms with van der Waals surface area (Å²) in [4.78, 5) is 12.7. The molecular weight excluding hydrogens is 440 g/mol. The van der Waals surface area contributed by atoms with Crippen molar-refractivity contribution in [3.05, 3.63) is 58.2 Å². The molecule has 4 rings (SSSR count). The van der Waals surface area contributed by atoms with Gasteiger partial charge in [-0.1, -0.05) is 17.8 Å². The van der Waals surface area contributed by atoms with Crippen LogP contribution in [-0.4, -0.2) is 25.9 Å². The van der Waals surface area contributed by atoms with E-state index in [4.69, 9.17) is 4.42 Å². The highest BCUT2D eigenvalue weighted by Crippen LogP contribution is 2.40. The van der Waals surface area contributed by atoms with Crippen molar-refractivity contribution < 1.29 is 9.21 Å². The Morgan fingerprint density at radius 2 is 2.21 bits per heavy atom. The van der Waals surface area contributed by atoms with Crippen LogP contribution in [-0.2, 0) is 11.3 Å². The Bertz CT molecular complexity index is 982. The summed E-state index contributed by atoms with van der Waals surface area (Å²) in [5, 5.41) is 12.2. The molecule has 2 heterocycles. The Hall–Kier alpha value is -2.06. The maximum Gasteiger partial charge on any atom is 0.237 e. The summed E-state index contributed by atoms with van der Waals surface area (Å²) >= 11 is 4.92. The fraction of sp³-hybridized carbons (Fsp3) is 0.350. The molecule has 0 radical (unpaired) electrons. The number of aromatic nitrogens is 3. The van der Waals surface area contributed by atoms with E-state index in [1.54, 1.807) is 6.26 Å². The van der Waals surface area contributed by atoms with Crippen LogP contribution in [0.1, 0.15) is 42.8 Å². The number of nitrogens with one attached hydrogen (secondary N) is 1. The molecule has 1 aliphatic rings. The highest BCUT2D eigenvalue weighted by Gasteiger charge is 2.31. The van der Waals surface area contributed by atoms with Crippen molar-refractivity contribution >= 4 is 39.3 Å². The maximum atomic E-state index is 12.7. The number of carbonyl (C=O) groups is 1. The number of rotatable bonds is 7. The van der Waals surface area contributed by atoms with Gasteiger partial charge in [0.15, 0.2) is 5.16 Å². The second-order valence-electron chi connectivity index (χ2n) is 7.01. The maximum absolute atomic E-state index is 12.7. The van der Waals surface area contributed by atoms with Gasteiger partial charge in [-0.05, 0) is 72.4 Å². The normalized spacial score (nSPS) is 14.8. The summed E-state index contributed by atoms with van der Waals surface area (Å²) < 4.78 is 8.45. The standard InChI is InChI=1S/C20H21BrN4O2S/c1-12-5-8-17(16(21)10-12)22-19(26)13(2)28-20-24-23-18(14-6-7-14)25(20)11-15-4-3-9-27-15/h3-5,8-10,13-14H,6-7,11H2,1-2H3,(H,22,26). The highest BCUT2D eigenvalue weighted by atomic mass is 79.9. The Morgan fingerprint density at radius 3 is 2.89 bits per heavy atom. The molecule has 1 fully saturated rings. The first-order valence-corrected chi connectivity index (χ1v) is 10.9. The number of halogens is 1. The average molecular weight is 461 g/mol. The van der Waals surface area contributed by atoms with Crippen molar-refractivity contribution in [3.8, 4) is 0 Å². The largest absolute Gasteiger partial charge is 0.467 e. The van der Waals surface area contributed by atoms with E-state index < -0.39 is 0 Å². The number of aryl methyl sites for hydroxylation is 1. The minimum absolute atomic E-state index is 0.0740. The molecule has 0 aliphatic heterocycles. The van der Waals surface area contributed by atoms with Crippen LogP contribution in [0.3, 0.4) is 0 Å². The zero-order valence-electron chi connectivity index (χ0n) is 15.7. The number of hydrogen-bond donors (Lipinski definition) is 1. The number of amides is 1. The third-order valence-electron chi connectivity index (χ3n) is 4.62. The van der Waals surface area contributed by atoms with Gasteiger partial charge in [-0.25, -0.2) is 0 Å². The van der Waals surface area contributed by atoms with Crippen molar-refractivity contribution in [2.45, 2.75) is 49.6 Å². The minimum Gasteiger partial charge on any atom is -0.467 e. The number of furan rings is 1. The minimum atomic E-state index is -0.320. The van der Waals surface area contributed by atoms with E-state index in [2.05, 4.69) is 36.0 Å². The molecule has 0 saturated heterocycles. The second-order valence-corrected chi connectivity index (χ2v) is 9.18. The van der Waals surface area contributed by atoms with Gasteiger partial charge in [0, 0.05) is 10.4 Å². The molecule has 2 aromatic heterocycles. The number of nitrogens with zero attached hydrogens (tertiary/aromatic N) is 3. The lowest BCUT2D eigenvalue weighted by atomic mass is 10.2. The zero-order chi connectivity index (χ0) is 19.7. The average Bonchev–Trinajstić information content (AvgIpc) is 3.23. The van der Waals surface area contributed by atoms with E-state index in [1.807, 2.05) is 44.2 Å². The number of carbonyl (C=O) groups excluding carboxylic acids is 1. The van der Waals surface area contributed by atoms with E-state index >= 15 is 0 Å². The summed E-state index contributed by atoms with van der Waals surface area (Å²) in [7, 11) is 0. The molecule has 1 amide bonds. The Balaban J connectivity index is 1.49. The summed E-state index contributed by atoms with van der Waals surface area (Å²) in [5.74, 6) is 2.22. The van der Waals surface area contributed by atoms with Gasteiger partial charge in [0.25, 0.3) is 0 Å². The zero-order valence-corrected chi connectivity index (χ0v) is 18.1. The van der Waals surface area contributed by atoms with E-state index in [1.165, 1.54) is 11.8 Å². The van der Waals surface area contributed by atoms with E-state index in [0.717, 1.165) is 45.3 Å². The van der Waals surface area contributed by atoms with Gasteiger partial charge in [0.1, 0.15) is 11.6 Å². The second kappa shape index (κ2) is 8.13. The number of anilines is 1. The first-order chi connectivity index (χ1) is 13.5. The molecule has 1 unspecified atom stereocenters. The van der Waals surface area contributed by atoms with Crippen LogP contribution in [0, 0.1) is 6.92 Å². The quantitative estimate of drug-likeness (QED) is 0.502. The molecule has 6 nitrogen and oxygen atoms in total. The van der Waals surface area contributed by atoms with Gasteiger partial charge >= 0.3 is 0 Å². The van der Waals surface area contributed by atoms with Crippen LogP contribution in [0.25, 0.3) is 0 Å². The van der Waals surface area contributed by atoms with Crippen molar-refractivity contribution in [1.82, 2.24) is 14.8 Å². The van der Waals surface area contributed by atoms with E-state index in [0.29, 0.717) is 12.5 Å². The lowest BCUT2D eigenvalue weighted by Crippen LogP contribution is -2.23. The van der Waals surface area contributed by atoms with Crippen LogP contribution >= 0.6 is 27.7 Å². The summed E-state index contributed by atoms with van der Waals surface area (Å²) in [6, 6.07) is 9.67. The first-order valence-electron chi connectivity index (χ1n) is 9.20. The van der Waals surface area contributed by atoms with Crippen molar-refractivity contribution in [3.63, 3.8) is 0 Å². The van der Waals surface area contributed by atoms with E-state index in [9.17, 15) is 4.79 Å². The molecule has 1 saturated carbocycles. The van der Waals surface area contributed by atoms with Crippen molar-refractivity contribution in [1.29, 1.82) is 0 Å². The molecular formula is C20H21BrN4O2S. The van der Waals surface area contributed by atoms with Crippen LogP contribution in [0.4, 0.5) is 5.69 Å². The fourth-order valence-corrected chi connectivity index (χ4v) is 4.35. The van der Waals surface area contributed by atoms with Gasteiger partial charge in [0.05, 0.1) is 23.7 Å². The summed E-state index contributed by atoms with van der Waals surface area (Å²) in [6.07, 6.45) is 3.94. The topological polar surface area (TPSA) is 73.0 Å². The Morgan fingerprint density at radius 1 is 1.39 bits per heavy atom. The molecule has 1 atom stereocenters. The number of thioether (sulfide) groups is 1. The van der Waals surface area contributed by atoms with E-state index in [-0.39, 0.29) is 11.2 Å². The van der Waals surface area contributed by atoms with Gasteiger partial charge < -0.3 is 9.73 Å². The fourth-order valence-electron chi connectivity index (χ4n) is 2.91. The Labute approximate surface area is 176 Å². The van der Waals surface area contributed by atoms with Gasteiger partial charge in [-0.2, -0.15) is 0 Å². The molecule has 8 heteroatoms. The molecule has 1 N–H and O–H groups in total. The van der Waals surface area contributed by atoms with Crippen LogP contribution < -0.4 is 5.32 Å². The summed E-state index contributed by atoms with van der Waals surface area (Å²) in [5.41, 5.74) is 1.89. The highest BCUT2D eigenvalue weighted by molar-refractivity contribution is 9.10. The predicted octanol–water partition coefficient (Wildman–Crippen LogP) is 4.99. The molecule has 1 aliphatic carbocycles. The smallest absolute Gasteiger partial charge is 0.237 e. The molecule has 1 aromatic carbocycles. The molecule has 0 spiro atoms. The van der Waals surface area contributed by atoms with Crippen molar-refractivity contribution in [2.24, 2.45) is 0 Å². The van der Waals surface area contributed by atoms with Crippen molar-refractivity contribution in [2.75, 3.05) is 5.32 Å². The predicted molar refractivity (Wildman–Crippen MR) is 113 cm³/mol. The molecule has 0 bridgehead atoms. The first kappa shape index (κ1) is 19.3. The monoisotopic (exact) mass is 460 g/mol. The number of benzene rings is 1. The third kappa shape index (κ3) is 4.33. The van der Waals surface area contributed by atoms with Crippen LogP contribution in [0.2, 0.25) is 0 Å². The lowest BCUT2D eigenvalue weighted by molar-refractivity contribution is -0.115. The Kier molecular flexibility index (Phi) is 5.59. The van der Waals surface area contributed by atoms with Gasteiger partial charge in [-0.15, -0.1) is 10.2 Å². The molecule has 146 valence electrons. The third-order valence-corrected chi connectivity index (χ3v) is 6.35. The van der Waals surface area contributed by atoms with Crippen LogP contribution in [0.15, 0.2) is 50.6 Å². The summed E-state index contributed by atoms with van der Waals surface area (Å²) in [6.45, 7) is 4.47. The molecule has 28 heavy (non-hydrogen) atoms. The number of hydrogen-bond acceptors (Lipinski definition) is 5. The van der Waals surface area contributed by atoms with Crippen LogP contribution in [0.5, 0.6) is 0 Å².